The van der Waals surface area contributed by atoms with Crippen molar-refractivity contribution in [1.29, 1.82) is 0 Å². The monoisotopic (exact) mass is 446 g/mol. The molecule has 0 aliphatic heterocycles. The highest BCUT2D eigenvalue weighted by atomic mass is 35.5. The Morgan fingerprint density at radius 1 is 1.11 bits per heavy atom. The molecule has 28 heavy (non-hydrogen) atoms. The van der Waals surface area contributed by atoms with Crippen LogP contribution >= 0.6 is 23.2 Å². The van der Waals surface area contributed by atoms with Gasteiger partial charge in [0, 0.05) is 23.2 Å². The number of methoxy groups -OCH3 is 1. The maximum Gasteiger partial charge on any atom is 0.261 e. The average molecular weight is 447 g/mol. The maximum absolute atomic E-state index is 12.5. The van der Waals surface area contributed by atoms with Crippen LogP contribution in [0.25, 0.3) is 0 Å². The highest BCUT2D eigenvalue weighted by molar-refractivity contribution is 7.92. The number of carbonyl (C=O) groups is 1. The summed E-state index contributed by atoms with van der Waals surface area (Å²) in [7, 11) is -2.29. The lowest BCUT2D eigenvalue weighted by Gasteiger charge is -2.13. The summed E-state index contributed by atoms with van der Waals surface area (Å²) in [4.78, 5) is 11.8. The molecule has 0 radical (unpaired) electrons. The van der Waals surface area contributed by atoms with E-state index in [0.29, 0.717) is 22.4 Å². The third-order valence-electron chi connectivity index (χ3n) is 3.44. The van der Waals surface area contributed by atoms with Gasteiger partial charge in [0.2, 0.25) is 0 Å². The second kappa shape index (κ2) is 9.97. The Balaban J connectivity index is 1.98. The number of nitrogens with one attached hydrogen (secondary N) is 2. The predicted octanol–water partition coefficient (Wildman–Crippen LogP) is 3.32. The number of halogens is 2. The first-order chi connectivity index (χ1) is 13.2. The van der Waals surface area contributed by atoms with Gasteiger partial charge >= 0.3 is 0 Å². The van der Waals surface area contributed by atoms with Crippen LogP contribution in [0.4, 0.5) is 5.69 Å². The molecule has 1 amide bonds. The van der Waals surface area contributed by atoms with E-state index in [0.717, 1.165) is 0 Å². The molecule has 0 aliphatic carbocycles. The highest BCUT2D eigenvalue weighted by Gasteiger charge is 2.15. The van der Waals surface area contributed by atoms with E-state index >= 15 is 0 Å². The van der Waals surface area contributed by atoms with Gasteiger partial charge in [-0.3, -0.25) is 9.52 Å². The van der Waals surface area contributed by atoms with Gasteiger partial charge < -0.3 is 14.8 Å². The molecule has 2 aromatic carbocycles. The van der Waals surface area contributed by atoms with E-state index in [2.05, 4.69) is 10.0 Å². The van der Waals surface area contributed by atoms with E-state index in [1.165, 1.54) is 42.5 Å². The van der Waals surface area contributed by atoms with Crippen molar-refractivity contribution >= 4 is 44.8 Å². The summed E-state index contributed by atoms with van der Waals surface area (Å²) in [6, 6.07) is 9.93. The van der Waals surface area contributed by atoms with Crippen molar-refractivity contribution in [3.8, 4) is 5.75 Å². The Morgan fingerprint density at radius 3 is 2.29 bits per heavy atom. The second-order valence-corrected chi connectivity index (χ2v) is 8.50. The van der Waals surface area contributed by atoms with Crippen molar-refractivity contribution in [2.24, 2.45) is 0 Å². The fourth-order valence-electron chi connectivity index (χ4n) is 2.30. The molecule has 152 valence electrons. The van der Waals surface area contributed by atoms with Gasteiger partial charge in [0.05, 0.1) is 17.2 Å². The summed E-state index contributed by atoms with van der Waals surface area (Å²) < 4.78 is 37.6. The first-order valence-electron chi connectivity index (χ1n) is 8.19. The van der Waals surface area contributed by atoms with E-state index in [-0.39, 0.29) is 29.1 Å². The van der Waals surface area contributed by atoms with Gasteiger partial charge in [-0.25, -0.2) is 8.42 Å². The quantitative estimate of drug-likeness (QED) is 0.615. The summed E-state index contributed by atoms with van der Waals surface area (Å²) >= 11 is 11.8. The van der Waals surface area contributed by atoms with Crippen LogP contribution in [0.5, 0.6) is 5.75 Å². The molecule has 0 bridgehead atoms. The van der Waals surface area contributed by atoms with E-state index in [9.17, 15) is 13.2 Å². The molecular weight excluding hydrogens is 427 g/mol. The Morgan fingerprint density at radius 2 is 1.71 bits per heavy atom. The third kappa shape index (κ3) is 6.87. The van der Waals surface area contributed by atoms with Gasteiger partial charge in [0.15, 0.2) is 6.61 Å². The molecule has 10 heteroatoms. The topological polar surface area (TPSA) is 93.7 Å². The van der Waals surface area contributed by atoms with Crippen molar-refractivity contribution in [3.05, 3.63) is 52.5 Å². The number of sulfonamides is 1. The van der Waals surface area contributed by atoms with Crippen LogP contribution in [0.2, 0.25) is 10.0 Å². The lowest BCUT2D eigenvalue weighted by atomic mass is 10.3. The molecule has 0 heterocycles. The first-order valence-corrected chi connectivity index (χ1v) is 10.4. The number of benzene rings is 2. The lowest BCUT2D eigenvalue weighted by molar-refractivity contribution is -0.124. The summed E-state index contributed by atoms with van der Waals surface area (Å²) in [6.07, 6.45) is 0. The number of amides is 1. The Bertz CT molecular complexity index is 900. The number of anilines is 1. The molecule has 0 aliphatic rings. The molecular formula is C18H20Cl2N2O5S. The molecule has 0 fully saturated rings. The molecule has 1 atom stereocenters. The summed E-state index contributed by atoms with van der Waals surface area (Å²) in [5.41, 5.74) is 0.250. The molecule has 0 saturated carbocycles. The molecule has 7 nitrogen and oxygen atoms in total. The fourth-order valence-corrected chi connectivity index (χ4v) is 3.87. The van der Waals surface area contributed by atoms with Crippen LogP contribution in [-0.2, 0) is 19.6 Å². The van der Waals surface area contributed by atoms with Crippen LogP contribution in [0, 0.1) is 0 Å². The van der Waals surface area contributed by atoms with E-state index in [1.807, 2.05) is 0 Å². The third-order valence-corrected chi connectivity index (χ3v) is 5.28. The van der Waals surface area contributed by atoms with Gasteiger partial charge in [-0.05, 0) is 49.4 Å². The Kier molecular flexibility index (Phi) is 7.94. The van der Waals surface area contributed by atoms with Crippen LogP contribution < -0.4 is 14.8 Å². The Labute approximate surface area is 174 Å². The van der Waals surface area contributed by atoms with Gasteiger partial charge in [0.25, 0.3) is 15.9 Å². The second-order valence-electron chi connectivity index (χ2n) is 5.95. The van der Waals surface area contributed by atoms with E-state index < -0.39 is 10.0 Å². The van der Waals surface area contributed by atoms with Crippen LogP contribution in [0.3, 0.4) is 0 Å². The zero-order valence-electron chi connectivity index (χ0n) is 15.2. The van der Waals surface area contributed by atoms with E-state index in [1.54, 1.807) is 14.0 Å². The minimum atomic E-state index is -3.83. The smallest absolute Gasteiger partial charge is 0.261 e. The number of carbonyl (C=O) groups excluding carboxylic acids is 1. The summed E-state index contributed by atoms with van der Waals surface area (Å²) in [6.45, 7) is 2.00. The molecule has 2 N–H and O–H groups in total. The molecule has 2 aromatic rings. The Hall–Kier alpha value is -2.00. The van der Waals surface area contributed by atoms with Crippen molar-refractivity contribution in [2.75, 3.05) is 25.0 Å². The standard InChI is InChI=1S/C18H20Cl2N2O5S/c1-12(10-26-2)21-18(23)11-27-16-3-5-17(6-4-16)28(24,25)22-15-8-13(19)7-14(20)9-15/h3-9,12,22H,10-11H2,1-2H3,(H,21,23)/t12-/m0/s1. The lowest BCUT2D eigenvalue weighted by Crippen LogP contribution is -2.38. The number of hydrogen-bond acceptors (Lipinski definition) is 5. The number of hydrogen-bond donors (Lipinski definition) is 2. The van der Waals surface area contributed by atoms with Crippen LogP contribution in [-0.4, -0.2) is 40.7 Å². The van der Waals surface area contributed by atoms with Crippen molar-refractivity contribution < 1.29 is 22.7 Å². The zero-order chi connectivity index (χ0) is 20.7. The fraction of sp³-hybridized carbons (Fsp3) is 0.278. The summed E-state index contributed by atoms with van der Waals surface area (Å²) in [5.74, 6) is 0.0556. The minimum Gasteiger partial charge on any atom is -0.484 e. The van der Waals surface area contributed by atoms with Crippen molar-refractivity contribution in [1.82, 2.24) is 5.32 Å². The van der Waals surface area contributed by atoms with Gasteiger partial charge in [0.1, 0.15) is 5.75 Å². The van der Waals surface area contributed by atoms with Crippen LogP contribution in [0.15, 0.2) is 47.4 Å². The molecule has 0 saturated heterocycles. The molecule has 2 rings (SSSR count). The zero-order valence-corrected chi connectivity index (χ0v) is 17.6. The summed E-state index contributed by atoms with van der Waals surface area (Å²) in [5, 5.41) is 3.33. The SMILES string of the molecule is COC[C@H](C)NC(=O)COc1ccc(S(=O)(=O)Nc2cc(Cl)cc(Cl)c2)cc1. The van der Waals surface area contributed by atoms with Gasteiger partial charge in [-0.2, -0.15) is 0 Å². The number of rotatable bonds is 9. The minimum absolute atomic E-state index is 0.0223. The van der Waals surface area contributed by atoms with Crippen molar-refractivity contribution in [3.63, 3.8) is 0 Å². The van der Waals surface area contributed by atoms with Gasteiger partial charge in [-0.1, -0.05) is 23.2 Å². The largest absolute Gasteiger partial charge is 0.484 e. The molecule has 0 spiro atoms. The molecule has 0 aromatic heterocycles. The maximum atomic E-state index is 12.5. The van der Waals surface area contributed by atoms with Gasteiger partial charge in [-0.15, -0.1) is 0 Å². The number of ether oxygens (including phenoxy) is 2. The van der Waals surface area contributed by atoms with E-state index in [4.69, 9.17) is 32.7 Å². The highest BCUT2D eigenvalue weighted by Crippen LogP contribution is 2.25. The normalized spacial score (nSPS) is 12.3. The van der Waals surface area contributed by atoms with Crippen molar-refractivity contribution in [2.45, 2.75) is 17.9 Å². The predicted molar refractivity (Wildman–Crippen MR) is 109 cm³/mol. The molecule has 0 unspecified atom stereocenters. The first kappa shape index (κ1) is 22.3. The average Bonchev–Trinajstić information content (AvgIpc) is 2.59. The van der Waals surface area contributed by atoms with Crippen LogP contribution in [0.1, 0.15) is 6.92 Å².